The molecule has 158 valence electrons. The van der Waals surface area contributed by atoms with E-state index in [4.69, 9.17) is 14.3 Å². The lowest BCUT2D eigenvalue weighted by Gasteiger charge is -2.19. The molecule has 0 unspecified atom stereocenters. The highest BCUT2D eigenvalue weighted by Crippen LogP contribution is 2.15. The van der Waals surface area contributed by atoms with Crippen molar-refractivity contribution >= 4 is 23.0 Å². The molecule has 2 aromatic rings. The van der Waals surface area contributed by atoms with Gasteiger partial charge in [0, 0.05) is 6.54 Å². The number of carbonyl (C=O) groups is 2. The molecule has 8 nitrogen and oxygen atoms in total. The molecular formula is C21H28N2O6. The number of hydrogen-bond acceptors (Lipinski definition) is 6. The molecule has 1 heterocycles. The van der Waals surface area contributed by atoms with E-state index in [9.17, 15) is 14.4 Å². The Morgan fingerprint density at radius 2 is 1.93 bits per heavy atom. The molecule has 0 atom stereocenters. The minimum atomic E-state index is -0.683. The van der Waals surface area contributed by atoms with Crippen molar-refractivity contribution in [2.75, 3.05) is 20.3 Å². The van der Waals surface area contributed by atoms with Crippen molar-refractivity contribution in [3.8, 4) is 0 Å². The summed E-state index contributed by atoms with van der Waals surface area (Å²) in [7, 11) is 1.45. The van der Waals surface area contributed by atoms with E-state index < -0.39 is 23.1 Å². The molecule has 1 aromatic heterocycles. The number of amides is 1. The second-order valence-electron chi connectivity index (χ2n) is 7.48. The number of alkyl carbamates (subject to hydrolysis) is 1. The number of aromatic nitrogens is 1. The maximum atomic E-state index is 12.8. The van der Waals surface area contributed by atoms with E-state index in [0.29, 0.717) is 30.3 Å². The Bertz CT molecular complexity index is 943. The normalized spacial score (nSPS) is 11.2. The molecule has 29 heavy (non-hydrogen) atoms. The molecule has 0 aliphatic heterocycles. The average molecular weight is 404 g/mol. The van der Waals surface area contributed by atoms with Gasteiger partial charge in [-0.25, -0.2) is 9.59 Å². The minimum Gasteiger partial charge on any atom is -0.462 e. The Morgan fingerprint density at radius 1 is 1.21 bits per heavy atom. The highest BCUT2D eigenvalue weighted by molar-refractivity contribution is 5.93. The summed E-state index contributed by atoms with van der Waals surface area (Å²) >= 11 is 0. The fourth-order valence-corrected chi connectivity index (χ4v) is 2.81. The van der Waals surface area contributed by atoms with Crippen LogP contribution in [0.4, 0.5) is 4.79 Å². The Morgan fingerprint density at radius 3 is 2.55 bits per heavy atom. The quantitative estimate of drug-likeness (QED) is 0.563. The summed E-state index contributed by atoms with van der Waals surface area (Å²) in [5.74, 6) is -0.683. The van der Waals surface area contributed by atoms with Crippen molar-refractivity contribution in [2.45, 2.75) is 46.1 Å². The number of rotatable bonds is 7. The Kier molecular flexibility index (Phi) is 7.25. The summed E-state index contributed by atoms with van der Waals surface area (Å²) in [6.07, 6.45) is 2.19. The fourth-order valence-electron chi connectivity index (χ4n) is 2.81. The number of ether oxygens (including phenoxy) is 2. The second-order valence-corrected chi connectivity index (χ2v) is 7.48. The van der Waals surface area contributed by atoms with Crippen LogP contribution in [0.25, 0.3) is 10.9 Å². The first-order valence-corrected chi connectivity index (χ1v) is 9.53. The van der Waals surface area contributed by atoms with E-state index in [2.05, 4.69) is 5.32 Å². The first-order valence-electron chi connectivity index (χ1n) is 9.53. The topological polar surface area (TPSA) is 95.9 Å². The average Bonchev–Trinajstić information content (AvgIpc) is 2.64. The Labute approximate surface area is 169 Å². The number of esters is 1. The van der Waals surface area contributed by atoms with E-state index in [1.54, 1.807) is 39.8 Å². The molecule has 0 fully saturated rings. The molecule has 0 aliphatic rings. The van der Waals surface area contributed by atoms with Gasteiger partial charge in [0.05, 0.1) is 23.7 Å². The van der Waals surface area contributed by atoms with E-state index in [1.807, 2.05) is 6.07 Å². The maximum absolute atomic E-state index is 12.8. The third-order valence-corrected chi connectivity index (χ3v) is 4.04. The highest BCUT2D eigenvalue weighted by atomic mass is 16.6. The zero-order chi connectivity index (χ0) is 21.6. The summed E-state index contributed by atoms with van der Waals surface area (Å²) in [5.41, 5.74) is 0.441. The van der Waals surface area contributed by atoms with Crippen LogP contribution in [-0.2, 0) is 15.9 Å². The molecule has 0 saturated carbocycles. The van der Waals surface area contributed by atoms with Crippen LogP contribution in [0.1, 0.15) is 50.0 Å². The fraction of sp³-hybridized carbons (Fsp3) is 0.476. The van der Waals surface area contributed by atoms with Crippen LogP contribution in [0.15, 0.2) is 29.2 Å². The van der Waals surface area contributed by atoms with Gasteiger partial charge in [-0.1, -0.05) is 6.07 Å². The monoisotopic (exact) mass is 404 g/mol. The third kappa shape index (κ3) is 5.97. The van der Waals surface area contributed by atoms with E-state index in [-0.39, 0.29) is 12.2 Å². The minimum absolute atomic E-state index is 0.0788. The number of benzene rings is 1. The lowest BCUT2D eigenvalue weighted by molar-refractivity contribution is 0.0513. The van der Waals surface area contributed by atoms with Crippen molar-refractivity contribution in [3.05, 3.63) is 45.7 Å². The molecule has 1 N–H and O–H groups in total. The smallest absolute Gasteiger partial charge is 0.407 e. The summed E-state index contributed by atoms with van der Waals surface area (Å²) < 4.78 is 11.5. The molecule has 8 heteroatoms. The van der Waals surface area contributed by atoms with Gasteiger partial charge < -0.3 is 19.6 Å². The van der Waals surface area contributed by atoms with Gasteiger partial charge in [0.25, 0.3) is 0 Å². The number of nitrogens with zero attached hydrogens (tertiary/aromatic N) is 1. The van der Waals surface area contributed by atoms with E-state index in [1.165, 1.54) is 18.0 Å². The standard InChI is InChI=1S/C21H28N2O6/c1-6-28-19(25)16-13-23(27-5)17-10-9-14(12-15(17)18(16)24)8-7-11-22-20(26)29-21(2,3)4/h9-10,12-13H,6-8,11H2,1-5H3,(H,22,26). The van der Waals surface area contributed by atoms with Crippen LogP contribution in [0.3, 0.4) is 0 Å². The molecule has 0 spiro atoms. The largest absolute Gasteiger partial charge is 0.462 e. The number of hydrogen-bond donors (Lipinski definition) is 1. The van der Waals surface area contributed by atoms with Gasteiger partial charge in [-0.3, -0.25) is 4.79 Å². The summed E-state index contributed by atoms with van der Waals surface area (Å²) in [6.45, 7) is 7.71. The molecule has 0 saturated heterocycles. The molecule has 2 rings (SSSR count). The first-order chi connectivity index (χ1) is 13.7. The van der Waals surface area contributed by atoms with E-state index >= 15 is 0 Å². The SMILES string of the molecule is CCOC(=O)c1cn(OC)c2ccc(CCCNC(=O)OC(C)(C)C)cc2c1=O. The molecular weight excluding hydrogens is 376 g/mol. The van der Waals surface area contributed by atoms with E-state index in [0.717, 1.165) is 5.56 Å². The molecule has 0 bridgehead atoms. The lowest BCUT2D eigenvalue weighted by Crippen LogP contribution is -2.33. The first kappa shape index (κ1) is 22.3. The Balaban J connectivity index is 2.16. The van der Waals surface area contributed by atoms with Crippen molar-refractivity contribution in [3.63, 3.8) is 0 Å². The number of carbonyl (C=O) groups excluding carboxylic acids is 2. The predicted molar refractivity (Wildman–Crippen MR) is 109 cm³/mol. The van der Waals surface area contributed by atoms with Crippen LogP contribution in [0, 0.1) is 0 Å². The van der Waals surface area contributed by atoms with Crippen molar-refractivity contribution in [2.24, 2.45) is 0 Å². The van der Waals surface area contributed by atoms with Gasteiger partial charge in [-0.2, -0.15) is 4.73 Å². The van der Waals surface area contributed by atoms with Crippen LogP contribution < -0.4 is 15.6 Å². The maximum Gasteiger partial charge on any atom is 0.407 e. The van der Waals surface area contributed by atoms with Crippen molar-refractivity contribution < 1.29 is 23.9 Å². The highest BCUT2D eigenvalue weighted by Gasteiger charge is 2.18. The third-order valence-electron chi connectivity index (χ3n) is 4.04. The van der Waals surface area contributed by atoms with Crippen LogP contribution in [-0.4, -0.2) is 42.7 Å². The molecule has 1 amide bonds. The molecule has 0 aliphatic carbocycles. The van der Waals surface area contributed by atoms with Crippen LogP contribution in [0.5, 0.6) is 0 Å². The van der Waals surface area contributed by atoms with Crippen LogP contribution >= 0.6 is 0 Å². The summed E-state index contributed by atoms with van der Waals surface area (Å²) in [4.78, 5) is 41.8. The molecule has 1 aromatic carbocycles. The summed E-state index contributed by atoms with van der Waals surface area (Å²) in [5, 5.41) is 3.08. The van der Waals surface area contributed by atoms with Gasteiger partial charge in [-0.15, -0.1) is 0 Å². The van der Waals surface area contributed by atoms with Crippen molar-refractivity contribution in [1.82, 2.24) is 10.0 Å². The predicted octanol–water partition coefficient (Wildman–Crippen LogP) is 2.69. The van der Waals surface area contributed by atoms with Gasteiger partial charge >= 0.3 is 12.1 Å². The van der Waals surface area contributed by atoms with Crippen molar-refractivity contribution in [1.29, 1.82) is 0 Å². The lowest BCUT2D eigenvalue weighted by atomic mass is 10.0. The summed E-state index contributed by atoms with van der Waals surface area (Å²) in [6, 6.07) is 5.39. The van der Waals surface area contributed by atoms with Gasteiger partial charge in [0.1, 0.15) is 18.3 Å². The second kappa shape index (κ2) is 9.45. The number of fused-ring (bicyclic) bond motifs is 1. The number of nitrogens with one attached hydrogen (secondary N) is 1. The van der Waals surface area contributed by atoms with Gasteiger partial charge in [-0.05, 0) is 58.2 Å². The zero-order valence-electron chi connectivity index (χ0n) is 17.5. The Hall–Kier alpha value is -3.03. The van der Waals surface area contributed by atoms with Crippen LogP contribution in [0.2, 0.25) is 0 Å². The van der Waals surface area contributed by atoms with Gasteiger partial charge in [0.15, 0.2) is 0 Å². The zero-order valence-corrected chi connectivity index (χ0v) is 17.5. The number of aryl methyl sites for hydroxylation is 1. The van der Waals surface area contributed by atoms with Gasteiger partial charge in [0.2, 0.25) is 5.43 Å². The molecule has 0 radical (unpaired) electrons. The number of pyridine rings is 1.